The molecule has 0 saturated carbocycles. The van der Waals surface area contributed by atoms with Crippen molar-refractivity contribution in [2.75, 3.05) is 0 Å². The molecule has 0 aliphatic heterocycles. The molecular formula is C7H9BrSi. The fraction of sp³-hybridized carbons (Fsp3) is 0.143. The fourth-order valence-corrected chi connectivity index (χ4v) is 2.68. The summed E-state index contributed by atoms with van der Waals surface area (Å²) in [6.45, 7) is 0. The van der Waals surface area contributed by atoms with Crippen LogP contribution in [0.3, 0.4) is 0 Å². The number of hydrogen-bond acceptors (Lipinski definition) is 0. The van der Waals surface area contributed by atoms with E-state index in [0.717, 1.165) is 0 Å². The number of benzene rings is 1. The SMILES string of the molecule is Br[SiH2]Cc1ccccc1. The third kappa shape index (κ3) is 2.33. The molecule has 9 heavy (non-hydrogen) atoms. The highest BCUT2D eigenvalue weighted by molar-refractivity contribution is 9.23. The first-order chi connectivity index (χ1) is 4.43. The van der Waals surface area contributed by atoms with Gasteiger partial charge in [-0.1, -0.05) is 35.9 Å². The van der Waals surface area contributed by atoms with Gasteiger partial charge in [-0.3, -0.25) is 0 Å². The van der Waals surface area contributed by atoms with E-state index in [1.54, 1.807) is 0 Å². The standard InChI is InChI=1S/C7H9BrSi/c8-9-6-7-4-2-1-3-5-7/h1-5H,6,9H2. The first-order valence-electron chi connectivity index (χ1n) is 3.03. The maximum Gasteiger partial charge on any atom is 0.103 e. The van der Waals surface area contributed by atoms with E-state index in [0.29, 0.717) is 0 Å². The monoisotopic (exact) mass is 200 g/mol. The van der Waals surface area contributed by atoms with Crippen LogP contribution >= 0.6 is 15.3 Å². The van der Waals surface area contributed by atoms with Gasteiger partial charge in [-0.15, -0.1) is 15.3 Å². The Kier molecular flexibility index (Phi) is 3.01. The van der Waals surface area contributed by atoms with Crippen molar-refractivity contribution in [3.05, 3.63) is 35.9 Å². The van der Waals surface area contributed by atoms with Gasteiger partial charge in [0.1, 0.15) is 8.14 Å². The van der Waals surface area contributed by atoms with Crippen LogP contribution in [0.25, 0.3) is 0 Å². The van der Waals surface area contributed by atoms with E-state index in [9.17, 15) is 0 Å². The van der Waals surface area contributed by atoms with Crippen molar-refractivity contribution in [2.45, 2.75) is 6.04 Å². The smallest absolute Gasteiger partial charge is 0.103 e. The molecule has 0 aliphatic rings. The molecule has 0 amide bonds. The summed E-state index contributed by atoms with van der Waals surface area (Å²) < 4.78 is 0. The van der Waals surface area contributed by atoms with E-state index < -0.39 is 0 Å². The molecule has 1 aromatic carbocycles. The van der Waals surface area contributed by atoms with Crippen LogP contribution in [0.2, 0.25) is 0 Å². The lowest BCUT2D eigenvalue weighted by atomic mass is 10.2. The van der Waals surface area contributed by atoms with Crippen molar-refractivity contribution >= 4 is 23.4 Å². The lowest BCUT2D eigenvalue weighted by molar-refractivity contribution is 1.40. The summed E-state index contributed by atoms with van der Waals surface area (Å²) in [5.74, 6) is 0. The Hall–Kier alpha value is -0.0831. The molecule has 0 nitrogen and oxygen atoms in total. The Morgan fingerprint density at radius 3 is 2.44 bits per heavy atom. The van der Waals surface area contributed by atoms with Crippen LogP contribution in [-0.4, -0.2) is 8.14 Å². The topological polar surface area (TPSA) is 0 Å². The third-order valence-corrected chi connectivity index (χ3v) is 3.18. The van der Waals surface area contributed by atoms with Crippen LogP contribution in [0, 0.1) is 0 Å². The molecule has 0 aromatic heterocycles. The summed E-state index contributed by atoms with van der Waals surface area (Å²) in [5.41, 5.74) is 1.46. The number of hydrogen-bond donors (Lipinski definition) is 0. The molecule has 1 aromatic rings. The Labute approximate surface area is 65.7 Å². The summed E-state index contributed by atoms with van der Waals surface area (Å²) in [6.07, 6.45) is 0. The molecule has 2 heteroatoms. The zero-order valence-corrected chi connectivity index (χ0v) is 8.18. The normalized spacial score (nSPS) is 10.8. The summed E-state index contributed by atoms with van der Waals surface area (Å²) in [5, 5.41) is 0. The van der Waals surface area contributed by atoms with E-state index >= 15 is 0 Å². The van der Waals surface area contributed by atoms with E-state index in [-0.39, 0.29) is 8.14 Å². The fourth-order valence-electron chi connectivity index (χ4n) is 0.754. The van der Waals surface area contributed by atoms with Crippen LogP contribution in [-0.2, 0) is 6.04 Å². The molecule has 0 unspecified atom stereocenters. The van der Waals surface area contributed by atoms with E-state index in [1.807, 2.05) is 0 Å². The molecule has 0 N–H and O–H groups in total. The van der Waals surface area contributed by atoms with Gasteiger partial charge >= 0.3 is 0 Å². The predicted molar refractivity (Wildman–Crippen MR) is 47.6 cm³/mol. The predicted octanol–water partition coefficient (Wildman–Crippen LogP) is 1.67. The highest BCUT2D eigenvalue weighted by Gasteiger charge is 1.86. The summed E-state index contributed by atoms with van der Waals surface area (Å²) in [6, 6.07) is 11.8. The van der Waals surface area contributed by atoms with Crippen LogP contribution < -0.4 is 0 Å². The van der Waals surface area contributed by atoms with Crippen molar-refractivity contribution in [1.29, 1.82) is 0 Å². The molecule has 1 rings (SSSR count). The molecular weight excluding hydrogens is 192 g/mol. The molecule has 0 radical (unpaired) electrons. The first-order valence-corrected chi connectivity index (χ1v) is 7.93. The van der Waals surface area contributed by atoms with E-state index in [2.05, 4.69) is 45.6 Å². The highest BCUT2D eigenvalue weighted by Crippen LogP contribution is 1.98. The molecule has 0 spiro atoms. The number of halogens is 1. The van der Waals surface area contributed by atoms with Crippen molar-refractivity contribution in [1.82, 2.24) is 0 Å². The van der Waals surface area contributed by atoms with Gasteiger partial charge in [-0.05, 0) is 6.04 Å². The van der Waals surface area contributed by atoms with Gasteiger partial charge in [-0.25, -0.2) is 0 Å². The van der Waals surface area contributed by atoms with Gasteiger partial charge in [0.15, 0.2) is 0 Å². The molecule has 0 atom stereocenters. The van der Waals surface area contributed by atoms with Crippen molar-refractivity contribution in [3.63, 3.8) is 0 Å². The summed E-state index contributed by atoms with van der Waals surface area (Å²) >= 11 is 3.52. The van der Waals surface area contributed by atoms with Crippen LogP contribution in [0.15, 0.2) is 30.3 Å². The summed E-state index contributed by atoms with van der Waals surface area (Å²) in [7, 11) is 0.0282. The Morgan fingerprint density at radius 2 is 1.89 bits per heavy atom. The van der Waals surface area contributed by atoms with Crippen LogP contribution in [0.4, 0.5) is 0 Å². The van der Waals surface area contributed by atoms with Gasteiger partial charge in [-0.2, -0.15) is 0 Å². The molecule has 0 heterocycles. The zero-order chi connectivity index (χ0) is 6.53. The van der Waals surface area contributed by atoms with Crippen molar-refractivity contribution < 1.29 is 0 Å². The third-order valence-electron chi connectivity index (χ3n) is 1.23. The van der Waals surface area contributed by atoms with Crippen molar-refractivity contribution in [3.8, 4) is 0 Å². The Morgan fingerprint density at radius 1 is 1.22 bits per heavy atom. The first kappa shape index (κ1) is 7.03. The maximum absolute atomic E-state index is 3.52. The van der Waals surface area contributed by atoms with E-state index in [1.165, 1.54) is 11.6 Å². The summed E-state index contributed by atoms with van der Waals surface area (Å²) in [4.78, 5) is 0. The second-order valence-electron chi connectivity index (χ2n) is 1.92. The minimum atomic E-state index is 0.0282. The van der Waals surface area contributed by atoms with Gasteiger partial charge in [0, 0.05) is 0 Å². The lowest BCUT2D eigenvalue weighted by Gasteiger charge is -1.92. The molecule has 0 fully saturated rings. The number of rotatable bonds is 2. The average molecular weight is 201 g/mol. The largest absolute Gasteiger partial charge is 0.135 e. The maximum atomic E-state index is 3.52. The van der Waals surface area contributed by atoms with Crippen LogP contribution in [0.5, 0.6) is 0 Å². The zero-order valence-electron chi connectivity index (χ0n) is 5.18. The van der Waals surface area contributed by atoms with Gasteiger partial charge in [0.25, 0.3) is 0 Å². The molecule has 0 bridgehead atoms. The van der Waals surface area contributed by atoms with Crippen LogP contribution in [0.1, 0.15) is 5.56 Å². The lowest BCUT2D eigenvalue weighted by Crippen LogP contribution is -1.85. The molecule has 0 aliphatic carbocycles. The highest BCUT2D eigenvalue weighted by atomic mass is 79.9. The van der Waals surface area contributed by atoms with E-state index in [4.69, 9.17) is 0 Å². The minimum absolute atomic E-state index is 0.0282. The van der Waals surface area contributed by atoms with Gasteiger partial charge in [0.05, 0.1) is 0 Å². The Balaban J connectivity index is 2.61. The second kappa shape index (κ2) is 3.85. The van der Waals surface area contributed by atoms with Gasteiger partial charge < -0.3 is 0 Å². The average Bonchev–Trinajstić information content (AvgIpc) is 1.91. The minimum Gasteiger partial charge on any atom is -0.135 e. The van der Waals surface area contributed by atoms with Crippen molar-refractivity contribution in [2.24, 2.45) is 0 Å². The molecule has 48 valence electrons. The quantitative estimate of drug-likeness (QED) is 0.504. The Bertz CT molecular complexity index is 162. The molecule has 0 saturated heterocycles. The van der Waals surface area contributed by atoms with Gasteiger partial charge in [0.2, 0.25) is 0 Å². The second-order valence-corrected chi connectivity index (χ2v) is 5.18.